The molecule has 0 unspecified atom stereocenters. The summed E-state index contributed by atoms with van der Waals surface area (Å²) in [5.74, 6) is 0.499. The first-order valence-corrected chi connectivity index (χ1v) is 8.28. The van der Waals surface area contributed by atoms with E-state index < -0.39 is 0 Å². The Morgan fingerprint density at radius 2 is 2.00 bits per heavy atom. The number of nitrogens with two attached hydrogens (primary N) is 1. The van der Waals surface area contributed by atoms with Crippen molar-refractivity contribution in [3.05, 3.63) is 60.4 Å². The van der Waals surface area contributed by atoms with Gasteiger partial charge in [0.25, 0.3) is 5.91 Å². The third kappa shape index (κ3) is 2.67. The number of benzene rings is 1. The van der Waals surface area contributed by atoms with E-state index in [9.17, 15) is 4.79 Å². The Labute approximate surface area is 140 Å². The summed E-state index contributed by atoms with van der Waals surface area (Å²) < 4.78 is 1.92. The standard InChI is InChI=1S/C19H20N4O/c20-10-14-8-9-22(11-14)19(24)16-6-7-18-21-17(13-23(18)12-16)15-4-2-1-3-5-15/h1-7,12-14H,8-11,20H2/t14-/m0/s1. The zero-order valence-electron chi connectivity index (χ0n) is 13.4. The fourth-order valence-corrected chi connectivity index (χ4v) is 3.26. The second kappa shape index (κ2) is 6.09. The third-order valence-corrected chi connectivity index (χ3v) is 4.67. The van der Waals surface area contributed by atoms with Gasteiger partial charge in [0.15, 0.2) is 0 Å². The average Bonchev–Trinajstić information content (AvgIpc) is 3.28. The van der Waals surface area contributed by atoms with Crippen LogP contribution in [-0.2, 0) is 0 Å². The highest BCUT2D eigenvalue weighted by Crippen LogP contribution is 2.21. The molecule has 0 aliphatic carbocycles. The largest absolute Gasteiger partial charge is 0.338 e. The number of amides is 1. The van der Waals surface area contributed by atoms with Crippen molar-refractivity contribution < 1.29 is 4.79 Å². The molecule has 0 saturated carbocycles. The lowest BCUT2D eigenvalue weighted by Crippen LogP contribution is -2.30. The third-order valence-electron chi connectivity index (χ3n) is 4.67. The maximum atomic E-state index is 12.7. The lowest BCUT2D eigenvalue weighted by Gasteiger charge is -2.16. The van der Waals surface area contributed by atoms with Gasteiger partial charge >= 0.3 is 0 Å². The first kappa shape index (κ1) is 14.9. The van der Waals surface area contributed by atoms with Crippen molar-refractivity contribution in [1.82, 2.24) is 14.3 Å². The van der Waals surface area contributed by atoms with E-state index in [0.717, 1.165) is 36.4 Å². The molecule has 1 amide bonds. The SMILES string of the molecule is NC[C@@H]1CCN(C(=O)c2ccc3nc(-c4ccccc4)cn3c2)C1. The molecule has 5 nitrogen and oxygen atoms in total. The lowest BCUT2D eigenvalue weighted by atomic mass is 10.1. The van der Waals surface area contributed by atoms with Crippen molar-refractivity contribution in [3.63, 3.8) is 0 Å². The van der Waals surface area contributed by atoms with Crippen LogP contribution in [0.3, 0.4) is 0 Å². The van der Waals surface area contributed by atoms with Crippen LogP contribution in [-0.4, -0.2) is 39.8 Å². The number of fused-ring (bicyclic) bond motifs is 1. The second-order valence-electron chi connectivity index (χ2n) is 6.32. The molecule has 0 bridgehead atoms. The predicted molar refractivity (Wildman–Crippen MR) is 93.7 cm³/mol. The minimum Gasteiger partial charge on any atom is -0.338 e. The molecule has 24 heavy (non-hydrogen) atoms. The van der Waals surface area contributed by atoms with E-state index >= 15 is 0 Å². The Hall–Kier alpha value is -2.66. The van der Waals surface area contributed by atoms with Gasteiger partial charge in [-0.1, -0.05) is 30.3 Å². The minimum atomic E-state index is 0.0720. The Bertz CT molecular complexity index is 871. The lowest BCUT2D eigenvalue weighted by molar-refractivity contribution is 0.0787. The molecule has 1 aliphatic rings. The molecule has 0 spiro atoms. The molecule has 3 heterocycles. The Morgan fingerprint density at radius 1 is 1.17 bits per heavy atom. The molecule has 1 fully saturated rings. The van der Waals surface area contributed by atoms with Crippen LogP contribution >= 0.6 is 0 Å². The summed E-state index contributed by atoms with van der Waals surface area (Å²) in [6, 6.07) is 13.8. The highest BCUT2D eigenvalue weighted by Gasteiger charge is 2.26. The monoisotopic (exact) mass is 320 g/mol. The topological polar surface area (TPSA) is 63.6 Å². The zero-order valence-corrected chi connectivity index (χ0v) is 13.4. The van der Waals surface area contributed by atoms with E-state index in [1.807, 2.05) is 64.2 Å². The van der Waals surface area contributed by atoms with Crippen molar-refractivity contribution in [2.75, 3.05) is 19.6 Å². The summed E-state index contributed by atoms with van der Waals surface area (Å²) in [6.45, 7) is 2.19. The number of imidazole rings is 1. The molecular formula is C19H20N4O. The summed E-state index contributed by atoms with van der Waals surface area (Å²) in [5.41, 5.74) is 9.22. The van der Waals surface area contributed by atoms with Gasteiger partial charge < -0.3 is 15.0 Å². The Balaban J connectivity index is 1.63. The van der Waals surface area contributed by atoms with Gasteiger partial charge in [0.05, 0.1) is 11.3 Å². The highest BCUT2D eigenvalue weighted by atomic mass is 16.2. The molecule has 1 aromatic carbocycles. The number of pyridine rings is 1. The number of likely N-dealkylation sites (tertiary alicyclic amines) is 1. The number of nitrogens with zero attached hydrogens (tertiary/aromatic N) is 3. The van der Waals surface area contributed by atoms with Gasteiger partial charge in [-0.15, -0.1) is 0 Å². The minimum absolute atomic E-state index is 0.0720. The van der Waals surface area contributed by atoms with Crippen molar-refractivity contribution >= 4 is 11.6 Å². The molecule has 1 aliphatic heterocycles. The van der Waals surface area contributed by atoms with Gasteiger partial charge in [0.1, 0.15) is 5.65 Å². The smallest absolute Gasteiger partial charge is 0.255 e. The summed E-state index contributed by atoms with van der Waals surface area (Å²) in [4.78, 5) is 19.2. The number of aromatic nitrogens is 2. The number of carbonyl (C=O) groups is 1. The van der Waals surface area contributed by atoms with Crippen molar-refractivity contribution in [3.8, 4) is 11.3 Å². The van der Waals surface area contributed by atoms with Crippen LogP contribution in [0.2, 0.25) is 0 Å². The van der Waals surface area contributed by atoms with Gasteiger partial charge in [-0.3, -0.25) is 4.79 Å². The molecular weight excluding hydrogens is 300 g/mol. The van der Waals surface area contributed by atoms with Gasteiger partial charge in [0.2, 0.25) is 0 Å². The molecule has 1 saturated heterocycles. The van der Waals surface area contributed by atoms with Crippen LogP contribution in [0, 0.1) is 5.92 Å². The zero-order chi connectivity index (χ0) is 16.5. The summed E-state index contributed by atoms with van der Waals surface area (Å²) in [7, 11) is 0. The summed E-state index contributed by atoms with van der Waals surface area (Å²) in [5, 5.41) is 0. The van der Waals surface area contributed by atoms with Crippen LogP contribution in [0.5, 0.6) is 0 Å². The van der Waals surface area contributed by atoms with Crippen LogP contribution in [0.25, 0.3) is 16.9 Å². The Morgan fingerprint density at radius 3 is 2.75 bits per heavy atom. The Kier molecular flexibility index (Phi) is 3.78. The number of hydrogen-bond acceptors (Lipinski definition) is 3. The van der Waals surface area contributed by atoms with E-state index in [2.05, 4.69) is 4.98 Å². The maximum Gasteiger partial charge on any atom is 0.255 e. The molecule has 0 radical (unpaired) electrons. The quantitative estimate of drug-likeness (QED) is 0.806. The molecule has 2 aromatic heterocycles. The van der Waals surface area contributed by atoms with E-state index in [4.69, 9.17) is 5.73 Å². The number of hydrogen-bond donors (Lipinski definition) is 1. The predicted octanol–water partition coefficient (Wildman–Crippen LogP) is 2.42. The van der Waals surface area contributed by atoms with Crippen LogP contribution in [0.1, 0.15) is 16.8 Å². The van der Waals surface area contributed by atoms with E-state index in [1.54, 1.807) is 0 Å². The van der Waals surface area contributed by atoms with Crippen LogP contribution in [0.15, 0.2) is 54.9 Å². The van der Waals surface area contributed by atoms with Crippen molar-refractivity contribution in [1.29, 1.82) is 0 Å². The fraction of sp³-hybridized carbons (Fsp3) is 0.263. The summed E-state index contributed by atoms with van der Waals surface area (Å²) >= 11 is 0. The first-order chi connectivity index (χ1) is 11.7. The molecule has 122 valence electrons. The van der Waals surface area contributed by atoms with E-state index in [-0.39, 0.29) is 5.91 Å². The molecule has 3 aromatic rings. The highest BCUT2D eigenvalue weighted by molar-refractivity contribution is 5.94. The molecule has 2 N–H and O–H groups in total. The summed E-state index contributed by atoms with van der Waals surface area (Å²) in [6.07, 6.45) is 4.83. The number of carbonyl (C=O) groups excluding carboxylic acids is 1. The van der Waals surface area contributed by atoms with Gasteiger partial charge in [-0.25, -0.2) is 4.98 Å². The normalized spacial score (nSPS) is 17.5. The van der Waals surface area contributed by atoms with Gasteiger partial charge in [0, 0.05) is 31.0 Å². The van der Waals surface area contributed by atoms with Crippen LogP contribution < -0.4 is 5.73 Å². The molecule has 4 rings (SSSR count). The van der Waals surface area contributed by atoms with Gasteiger partial charge in [-0.2, -0.15) is 0 Å². The first-order valence-electron chi connectivity index (χ1n) is 8.28. The maximum absolute atomic E-state index is 12.7. The molecule has 1 atom stereocenters. The van der Waals surface area contributed by atoms with E-state index in [1.165, 1.54) is 0 Å². The van der Waals surface area contributed by atoms with E-state index in [0.29, 0.717) is 18.0 Å². The van der Waals surface area contributed by atoms with Crippen molar-refractivity contribution in [2.45, 2.75) is 6.42 Å². The second-order valence-corrected chi connectivity index (χ2v) is 6.32. The van der Waals surface area contributed by atoms with Crippen LogP contribution in [0.4, 0.5) is 0 Å². The number of rotatable bonds is 3. The van der Waals surface area contributed by atoms with Gasteiger partial charge in [-0.05, 0) is 31.0 Å². The molecule has 5 heteroatoms. The fourth-order valence-electron chi connectivity index (χ4n) is 3.26. The average molecular weight is 320 g/mol. The van der Waals surface area contributed by atoms with Crippen molar-refractivity contribution in [2.24, 2.45) is 11.7 Å².